The molecule has 2 amide bonds. The maximum absolute atomic E-state index is 11.8. The molecule has 0 saturated heterocycles. The summed E-state index contributed by atoms with van der Waals surface area (Å²) in [5.41, 5.74) is 4.32. The van der Waals surface area contributed by atoms with Crippen molar-refractivity contribution in [3.05, 3.63) is 29.1 Å². The lowest BCUT2D eigenvalue weighted by Gasteiger charge is -2.12. The van der Waals surface area contributed by atoms with E-state index in [1.165, 1.54) is 12.7 Å². The molecule has 0 saturated carbocycles. The van der Waals surface area contributed by atoms with Crippen molar-refractivity contribution >= 4 is 23.0 Å². The molecule has 0 bridgehead atoms. The van der Waals surface area contributed by atoms with E-state index in [0.717, 1.165) is 22.4 Å². The standard InChI is InChI=1S/C16H22N4O3/c1-9-5-6-12-14(10(9)2)20-13(19-12)7-8-17-15(21)11(3)18-16(22)23-4/h5-6,11H,7-8H2,1-4H3,(H,17,21)(H,18,22)(H,19,20)/t11-/m0/s1. The number of aryl methyl sites for hydroxylation is 2. The van der Waals surface area contributed by atoms with Gasteiger partial charge < -0.3 is 20.4 Å². The Morgan fingerprint density at radius 1 is 1.35 bits per heavy atom. The Bertz CT molecular complexity index is 723. The lowest BCUT2D eigenvalue weighted by molar-refractivity contribution is -0.122. The van der Waals surface area contributed by atoms with Gasteiger partial charge in [-0.25, -0.2) is 9.78 Å². The number of H-pyrrole nitrogens is 1. The fourth-order valence-corrected chi connectivity index (χ4v) is 2.24. The van der Waals surface area contributed by atoms with Crippen molar-refractivity contribution in [3.63, 3.8) is 0 Å². The number of carbonyl (C=O) groups is 2. The summed E-state index contributed by atoms with van der Waals surface area (Å²) < 4.78 is 4.45. The lowest BCUT2D eigenvalue weighted by Crippen LogP contribution is -2.45. The van der Waals surface area contributed by atoms with Crippen molar-refractivity contribution in [2.24, 2.45) is 0 Å². The summed E-state index contributed by atoms with van der Waals surface area (Å²) in [6.07, 6.45) is -0.0418. The van der Waals surface area contributed by atoms with E-state index in [-0.39, 0.29) is 5.91 Å². The number of imidazole rings is 1. The monoisotopic (exact) mass is 318 g/mol. The molecule has 7 heteroatoms. The molecule has 0 radical (unpaired) electrons. The van der Waals surface area contributed by atoms with E-state index >= 15 is 0 Å². The highest BCUT2D eigenvalue weighted by atomic mass is 16.5. The Balaban J connectivity index is 1.90. The fourth-order valence-electron chi connectivity index (χ4n) is 2.24. The number of nitrogens with one attached hydrogen (secondary N) is 3. The molecule has 1 aromatic carbocycles. The molecule has 1 aromatic heterocycles. The normalized spacial score (nSPS) is 12.0. The smallest absolute Gasteiger partial charge is 0.407 e. The molecule has 0 fully saturated rings. The Morgan fingerprint density at radius 2 is 2.09 bits per heavy atom. The topological polar surface area (TPSA) is 96.1 Å². The quantitative estimate of drug-likeness (QED) is 0.780. The zero-order chi connectivity index (χ0) is 17.0. The summed E-state index contributed by atoms with van der Waals surface area (Å²) in [4.78, 5) is 30.7. The van der Waals surface area contributed by atoms with Gasteiger partial charge in [-0.1, -0.05) is 6.07 Å². The second kappa shape index (κ2) is 7.13. The molecule has 1 atom stereocenters. The second-order valence-corrected chi connectivity index (χ2v) is 5.49. The van der Waals surface area contributed by atoms with Crippen LogP contribution in [0.3, 0.4) is 0 Å². The lowest BCUT2D eigenvalue weighted by atomic mass is 10.1. The first-order chi connectivity index (χ1) is 10.9. The van der Waals surface area contributed by atoms with Crippen molar-refractivity contribution in [1.82, 2.24) is 20.6 Å². The summed E-state index contributed by atoms with van der Waals surface area (Å²) in [6.45, 7) is 6.13. The highest BCUT2D eigenvalue weighted by Crippen LogP contribution is 2.19. The largest absolute Gasteiger partial charge is 0.453 e. The highest BCUT2D eigenvalue weighted by molar-refractivity contribution is 5.85. The molecule has 0 spiro atoms. The van der Waals surface area contributed by atoms with Gasteiger partial charge in [0.2, 0.25) is 5.91 Å². The number of hydrogen-bond acceptors (Lipinski definition) is 4. The van der Waals surface area contributed by atoms with Gasteiger partial charge in [0.1, 0.15) is 11.9 Å². The van der Waals surface area contributed by atoms with Crippen LogP contribution >= 0.6 is 0 Å². The van der Waals surface area contributed by atoms with E-state index < -0.39 is 12.1 Å². The van der Waals surface area contributed by atoms with Crippen molar-refractivity contribution in [2.75, 3.05) is 13.7 Å². The van der Waals surface area contributed by atoms with Crippen molar-refractivity contribution in [2.45, 2.75) is 33.2 Å². The number of nitrogens with zero attached hydrogens (tertiary/aromatic N) is 1. The number of hydrogen-bond donors (Lipinski definition) is 3. The van der Waals surface area contributed by atoms with Gasteiger partial charge in [-0.2, -0.15) is 0 Å². The molecule has 0 aliphatic heterocycles. The molecule has 124 valence electrons. The van der Waals surface area contributed by atoms with Gasteiger partial charge in [0.05, 0.1) is 18.1 Å². The number of amides is 2. The van der Waals surface area contributed by atoms with Gasteiger partial charge in [-0.3, -0.25) is 4.79 Å². The number of benzene rings is 1. The zero-order valence-corrected chi connectivity index (χ0v) is 13.8. The van der Waals surface area contributed by atoms with Crippen LogP contribution < -0.4 is 10.6 Å². The fraction of sp³-hybridized carbons (Fsp3) is 0.438. The van der Waals surface area contributed by atoms with Crippen LogP contribution in [0.2, 0.25) is 0 Å². The Labute approximate surface area is 134 Å². The van der Waals surface area contributed by atoms with E-state index in [1.54, 1.807) is 6.92 Å². The van der Waals surface area contributed by atoms with Crippen LogP contribution in [0.15, 0.2) is 12.1 Å². The maximum atomic E-state index is 11.8. The van der Waals surface area contributed by atoms with Crippen LogP contribution in [0.25, 0.3) is 11.0 Å². The number of alkyl carbamates (subject to hydrolysis) is 1. The van der Waals surface area contributed by atoms with Crippen molar-refractivity contribution in [1.29, 1.82) is 0 Å². The van der Waals surface area contributed by atoms with Crippen LogP contribution in [-0.2, 0) is 16.0 Å². The molecule has 2 rings (SSSR count). The second-order valence-electron chi connectivity index (χ2n) is 5.49. The van der Waals surface area contributed by atoms with Gasteiger partial charge in [0.25, 0.3) is 0 Å². The number of fused-ring (bicyclic) bond motifs is 1. The summed E-state index contributed by atoms with van der Waals surface area (Å²) in [5.74, 6) is 0.557. The number of aromatic amines is 1. The van der Waals surface area contributed by atoms with E-state index in [9.17, 15) is 9.59 Å². The highest BCUT2D eigenvalue weighted by Gasteiger charge is 2.15. The predicted molar refractivity (Wildman–Crippen MR) is 87.3 cm³/mol. The predicted octanol–water partition coefficient (Wildman–Crippen LogP) is 1.58. The molecule has 2 aromatic rings. The molecule has 1 heterocycles. The summed E-state index contributed by atoms with van der Waals surface area (Å²) in [6, 6.07) is 3.42. The molecule has 3 N–H and O–H groups in total. The Morgan fingerprint density at radius 3 is 2.78 bits per heavy atom. The summed E-state index contributed by atoms with van der Waals surface area (Å²) in [7, 11) is 1.26. The van der Waals surface area contributed by atoms with Gasteiger partial charge >= 0.3 is 6.09 Å². The van der Waals surface area contributed by atoms with Gasteiger partial charge in [-0.05, 0) is 38.0 Å². The van der Waals surface area contributed by atoms with E-state index in [0.29, 0.717) is 13.0 Å². The number of rotatable bonds is 5. The molecular weight excluding hydrogens is 296 g/mol. The van der Waals surface area contributed by atoms with E-state index in [2.05, 4.69) is 38.3 Å². The number of ether oxygens (including phenoxy) is 1. The van der Waals surface area contributed by atoms with Crippen molar-refractivity contribution in [3.8, 4) is 0 Å². The zero-order valence-electron chi connectivity index (χ0n) is 13.8. The first kappa shape index (κ1) is 16.8. The number of carbonyl (C=O) groups excluding carboxylic acids is 2. The van der Waals surface area contributed by atoms with E-state index in [1.807, 2.05) is 13.0 Å². The first-order valence-electron chi connectivity index (χ1n) is 7.49. The molecule has 23 heavy (non-hydrogen) atoms. The van der Waals surface area contributed by atoms with Crippen molar-refractivity contribution < 1.29 is 14.3 Å². The van der Waals surface area contributed by atoms with Crippen LogP contribution in [0.5, 0.6) is 0 Å². The average molecular weight is 318 g/mol. The third-order valence-electron chi connectivity index (χ3n) is 3.80. The summed E-state index contributed by atoms with van der Waals surface area (Å²) >= 11 is 0. The Hall–Kier alpha value is -2.57. The third-order valence-corrected chi connectivity index (χ3v) is 3.80. The van der Waals surface area contributed by atoms with Gasteiger partial charge in [-0.15, -0.1) is 0 Å². The number of methoxy groups -OCH3 is 1. The van der Waals surface area contributed by atoms with Gasteiger partial charge in [0, 0.05) is 13.0 Å². The van der Waals surface area contributed by atoms with Crippen LogP contribution in [0.1, 0.15) is 23.9 Å². The summed E-state index contributed by atoms with van der Waals surface area (Å²) in [5, 5.41) is 5.18. The minimum absolute atomic E-state index is 0.265. The van der Waals surface area contributed by atoms with Crippen LogP contribution in [0.4, 0.5) is 4.79 Å². The Kier molecular flexibility index (Phi) is 5.20. The molecule has 7 nitrogen and oxygen atoms in total. The molecule has 0 unspecified atom stereocenters. The van der Waals surface area contributed by atoms with Crippen LogP contribution in [-0.4, -0.2) is 41.7 Å². The average Bonchev–Trinajstić information content (AvgIpc) is 2.94. The van der Waals surface area contributed by atoms with E-state index in [4.69, 9.17) is 0 Å². The van der Waals surface area contributed by atoms with Gasteiger partial charge in [0.15, 0.2) is 0 Å². The SMILES string of the molecule is COC(=O)N[C@@H](C)C(=O)NCCc1nc2c(C)c(C)ccc2[nH]1. The third kappa shape index (κ3) is 4.00. The molecular formula is C16H22N4O3. The molecule has 0 aliphatic carbocycles. The minimum atomic E-state index is -0.650. The molecule has 0 aliphatic rings. The maximum Gasteiger partial charge on any atom is 0.407 e. The first-order valence-corrected chi connectivity index (χ1v) is 7.49. The number of aromatic nitrogens is 2. The minimum Gasteiger partial charge on any atom is -0.453 e. The van der Waals surface area contributed by atoms with Crippen LogP contribution in [0, 0.1) is 13.8 Å².